The van der Waals surface area contributed by atoms with Crippen molar-refractivity contribution in [1.82, 2.24) is 5.32 Å². The van der Waals surface area contributed by atoms with Crippen LogP contribution in [0.15, 0.2) is 132 Å². The van der Waals surface area contributed by atoms with Crippen LogP contribution in [0.2, 0.25) is 0 Å². The van der Waals surface area contributed by atoms with Crippen LogP contribution in [0.4, 0.5) is 15.8 Å². The lowest BCUT2D eigenvalue weighted by Gasteiger charge is -2.20. The Balaban J connectivity index is 1.14. The molecule has 5 aromatic rings. The van der Waals surface area contributed by atoms with Crippen LogP contribution in [-0.2, 0) is 9.59 Å². The lowest BCUT2D eigenvalue weighted by Crippen LogP contribution is -2.30. The molecule has 6 rings (SSSR count). The van der Waals surface area contributed by atoms with Gasteiger partial charge in [-0.1, -0.05) is 78.9 Å². The third kappa shape index (κ3) is 6.98. The third-order valence-corrected chi connectivity index (χ3v) is 8.42. The van der Waals surface area contributed by atoms with Crippen molar-refractivity contribution in [2.24, 2.45) is 0 Å². The number of hydrogen-bond acceptors (Lipinski definition) is 6. The van der Waals surface area contributed by atoms with Gasteiger partial charge in [-0.25, -0.2) is 4.39 Å². The number of nitrogens with one attached hydrogen (secondary N) is 3. The zero-order chi connectivity index (χ0) is 33.6. The van der Waals surface area contributed by atoms with Crippen molar-refractivity contribution in [2.75, 3.05) is 16.4 Å². The van der Waals surface area contributed by atoms with Gasteiger partial charge in [0.15, 0.2) is 11.6 Å². The van der Waals surface area contributed by atoms with Crippen molar-refractivity contribution in [3.63, 3.8) is 0 Å². The van der Waals surface area contributed by atoms with E-state index in [1.807, 2.05) is 0 Å². The molecule has 1 aliphatic carbocycles. The van der Waals surface area contributed by atoms with Crippen LogP contribution < -0.4 is 16.0 Å². The summed E-state index contributed by atoms with van der Waals surface area (Å²) in [5.74, 6) is -2.85. The fourth-order valence-electron chi connectivity index (χ4n) is 5.14. The van der Waals surface area contributed by atoms with Crippen LogP contribution in [0.5, 0.6) is 0 Å². The minimum atomic E-state index is -0.683. The van der Waals surface area contributed by atoms with Crippen LogP contribution in [0, 0.1) is 5.82 Å². The van der Waals surface area contributed by atoms with Gasteiger partial charge in [0, 0.05) is 38.4 Å². The van der Waals surface area contributed by atoms with Crippen molar-refractivity contribution >= 4 is 58.5 Å². The number of halogens is 1. The van der Waals surface area contributed by atoms with Gasteiger partial charge in [-0.05, 0) is 48.5 Å². The van der Waals surface area contributed by atoms with Crippen LogP contribution in [0.3, 0.4) is 0 Å². The number of ketones is 2. The molecule has 0 unspecified atom stereocenters. The Hall–Kier alpha value is -6.13. The normalized spacial score (nSPS) is 12.1. The third-order valence-electron chi connectivity index (χ3n) is 7.42. The molecule has 1 aliphatic rings. The van der Waals surface area contributed by atoms with Gasteiger partial charge >= 0.3 is 0 Å². The van der Waals surface area contributed by atoms with Crippen molar-refractivity contribution < 1.29 is 28.4 Å². The van der Waals surface area contributed by atoms with Gasteiger partial charge in [-0.15, -0.1) is 11.8 Å². The van der Waals surface area contributed by atoms with E-state index in [1.54, 1.807) is 103 Å². The maximum Gasteiger partial charge on any atom is 0.272 e. The number of carbonyl (C=O) groups excluding carboxylic acids is 5. The quantitative estimate of drug-likeness (QED) is 0.117. The first-order valence-electron chi connectivity index (χ1n) is 14.8. The maximum atomic E-state index is 14.5. The molecule has 236 valence electrons. The van der Waals surface area contributed by atoms with Gasteiger partial charge in [0.05, 0.1) is 17.0 Å². The molecule has 0 spiro atoms. The van der Waals surface area contributed by atoms with Crippen molar-refractivity contribution in [3.05, 3.63) is 166 Å². The van der Waals surface area contributed by atoms with Gasteiger partial charge in [-0.3, -0.25) is 24.0 Å². The topological polar surface area (TPSA) is 121 Å². The molecule has 0 aromatic heterocycles. The fourth-order valence-corrected chi connectivity index (χ4v) is 5.89. The molecule has 0 aliphatic heterocycles. The van der Waals surface area contributed by atoms with Crippen molar-refractivity contribution in [2.45, 2.75) is 4.90 Å². The number of carbonyl (C=O) groups is 5. The Labute approximate surface area is 279 Å². The molecule has 0 fully saturated rings. The Bertz CT molecular complexity index is 2130. The summed E-state index contributed by atoms with van der Waals surface area (Å²) in [5.41, 5.74) is 1.88. The highest BCUT2D eigenvalue weighted by molar-refractivity contribution is 8.00. The minimum Gasteiger partial charge on any atom is -0.325 e. The molecule has 5 aromatic carbocycles. The van der Waals surface area contributed by atoms with Gasteiger partial charge in [0.25, 0.3) is 11.8 Å². The number of hydrogen-bond donors (Lipinski definition) is 3. The van der Waals surface area contributed by atoms with E-state index in [0.717, 1.165) is 0 Å². The second-order valence-electron chi connectivity index (χ2n) is 10.7. The van der Waals surface area contributed by atoms with Crippen LogP contribution >= 0.6 is 11.8 Å². The monoisotopic (exact) mass is 655 g/mol. The first kappa shape index (κ1) is 31.8. The summed E-state index contributed by atoms with van der Waals surface area (Å²) in [6, 6.07) is 32.3. The number of amides is 3. The zero-order valence-electron chi connectivity index (χ0n) is 25.2. The first-order valence-corrected chi connectivity index (χ1v) is 15.7. The standard InChI is InChI=1S/C38H26FN3O5S/c39-30-18-7-4-12-24(30)20-32(42-37(46)23-10-2-1-3-11-23)38(47)40-25-13-8-14-26(21-25)48-22-33(43)41-31-19-9-17-29-34(31)36(45)28-16-6-5-15-27(28)35(29)44/h1-21H,22H2,(H,40,47)(H,41,43)(H,42,46)/b32-20+. The summed E-state index contributed by atoms with van der Waals surface area (Å²) >= 11 is 1.19. The molecule has 0 heterocycles. The average molecular weight is 656 g/mol. The summed E-state index contributed by atoms with van der Waals surface area (Å²) in [5, 5.41) is 8.07. The summed E-state index contributed by atoms with van der Waals surface area (Å²) in [6.07, 6.45) is 1.26. The number of thioether (sulfide) groups is 1. The zero-order valence-corrected chi connectivity index (χ0v) is 26.0. The molecule has 8 nitrogen and oxygen atoms in total. The Morgan fingerprint density at radius 3 is 2.12 bits per heavy atom. The fraction of sp³-hybridized carbons (Fsp3) is 0.0263. The Morgan fingerprint density at radius 2 is 1.35 bits per heavy atom. The molecule has 0 atom stereocenters. The smallest absolute Gasteiger partial charge is 0.272 e. The molecule has 48 heavy (non-hydrogen) atoms. The SMILES string of the molecule is O=C(CSc1cccc(NC(=O)/C(=C\c2ccccc2F)NC(=O)c2ccccc2)c1)Nc1cccc2c1C(=O)c1ccccc1C2=O. The van der Waals surface area contributed by atoms with E-state index in [9.17, 15) is 28.4 Å². The molecule has 0 bridgehead atoms. The number of fused-ring (bicyclic) bond motifs is 2. The van der Waals surface area contributed by atoms with Crippen LogP contribution in [0.25, 0.3) is 6.08 Å². The van der Waals surface area contributed by atoms with E-state index in [0.29, 0.717) is 21.7 Å². The van der Waals surface area contributed by atoms with E-state index in [1.165, 1.54) is 36.0 Å². The first-order chi connectivity index (χ1) is 23.3. The molecule has 0 radical (unpaired) electrons. The minimum absolute atomic E-state index is 0.0363. The highest BCUT2D eigenvalue weighted by atomic mass is 32.2. The molecule has 10 heteroatoms. The van der Waals surface area contributed by atoms with E-state index < -0.39 is 23.5 Å². The van der Waals surface area contributed by atoms with Gasteiger partial charge in [0.2, 0.25) is 5.91 Å². The summed E-state index contributed by atoms with van der Waals surface area (Å²) < 4.78 is 14.5. The highest BCUT2D eigenvalue weighted by Crippen LogP contribution is 2.32. The number of anilines is 2. The van der Waals surface area contributed by atoms with Crippen molar-refractivity contribution in [1.29, 1.82) is 0 Å². The Morgan fingerprint density at radius 1 is 0.688 bits per heavy atom. The van der Waals surface area contributed by atoms with E-state index >= 15 is 0 Å². The molecule has 0 saturated heterocycles. The lowest BCUT2D eigenvalue weighted by molar-refractivity contribution is -0.114. The second kappa shape index (κ2) is 14.1. The molecular weight excluding hydrogens is 629 g/mol. The number of benzene rings is 5. The van der Waals surface area contributed by atoms with E-state index in [-0.39, 0.29) is 51.0 Å². The average Bonchev–Trinajstić information content (AvgIpc) is 3.10. The largest absolute Gasteiger partial charge is 0.325 e. The lowest BCUT2D eigenvalue weighted by atomic mass is 9.83. The predicted octanol–water partition coefficient (Wildman–Crippen LogP) is 6.74. The van der Waals surface area contributed by atoms with Gasteiger partial charge in [-0.2, -0.15) is 0 Å². The summed E-state index contributed by atoms with van der Waals surface area (Å²) in [6.45, 7) is 0. The molecule has 0 saturated carbocycles. The second-order valence-corrected chi connectivity index (χ2v) is 11.7. The summed E-state index contributed by atoms with van der Waals surface area (Å²) in [4.78, 5) is 66.2. The van der Waals surface area contributed by atoms with Gasteiger partial charge < -0.3 is 16.0 Å². The molecular formula is C38H26FN3O5S. The number of rotatable bonds is 9. The molecule has 3 amide bonds. The van der Waals surface area contributed by atoms with Crippen LogP contribution in [0.1, 0.15) is 47.8 Å². The highest BCUT2D eigenvalue weighted by Gasteiger charge is 2.31. The van der Waals surface area contributed by atoms with E-state index in [4.69, 9.17) is 0 Å². The van der Waals surface area contributed by atoms with Gasteiger partial charge in [0.1, 0.15) is 11.5 Å². The van der Waals surface area contributed by atoms with Crippen molar-refractivity contribution in [3.8, 4) is 0 Å². The van der Waals surface area contributed by atoms with E-state index in [2.05, 4.69) is 16.0 Å². The summed E-state index contributed by atoms with van der Waals surface area (Å²) in [7, 11) is 0. The Kier molecular flexibility index (Phi) is 9.35. The molecule has 3 N–H and O–H groups in total. The maximum absolute atomic E-state index is 14.5. The predicted molar refractivity (Wildman–Crippen MR) is 182 cm³/mol. The van der Waals surface area contributed by atoms with Crippen LogP contribution in [-0.4, -0.2) is 35.0 Å².